The fourth-order valence-electron chi connectivity index (χ4n) is 2.56. The standard InChI is InChI=1S/C16H24N2O3S/c1-5-10-22(20,21)17-13-7-6-12-8-9-18(14(12)11-13)15(19)16(2,3)4/h6-7,11,17H,5,8-10H2,1-4H3. The molecule has 0 atom stereocenters. The Bertz CT molecular complexity index is 675. The Morgan fingerprint density at radius 3 is 2.59 bits per heavy atom. The van der Waals surface area contributed by atoms with Gasteiger partial charge in [-0.1, -0.05) is 33.8 Å². The van der Waals surface area contributed by atoms with Crippen LogP contribution in [0, 0.1) is 5.41 Å². The van der Waals surface area contributed by atoms with Crippen LogP contribution in [0.25, 0.3) is 0 Å². The summed E-state index contributed by atoms with van der Waals surface area (Å²) in [4.78, 5) is 14.3. The molecule has 0 unspecified atom stereocenters. The van der Waals surface area contributed by atoms with E-state index < -0.39 is 15.4 Å². The maximum Gasteiger partial charge on any atom is 0.232 e. The first-order valence-corrected chi connectivity index (χ1v) is 9.24. The first-order chi connectivity index (χ1) is 10.1. The highest BCUT2D eigenvalue weighted by Gasteiger charge is 2.32. The van der Waals surface area contributed by atoms with E-state index in [1.54, 1.807) is 17.0 Å². The van der Waals surface area contributed by atoms with Gasteiger partial charge in [-0.25, -0.2) is 8.42 Å². The van der Waals surface area contributed by atoms with Crippen LogP contribution in [-0.4, -0.2) is 26.6 Å². The lowest BCUT2D eigenvalue weighted by Crippen LogP contribution is -2.38. The molecule has 0 aromatic heterocycles. The molecule has 122 valence electrons. The van der Waals surface area contributed by atoms with Gasteiger partial charge in [0.05, 0.1) is 11.4 Å². The number of benzene rings is 1. The van der Waals surface area contributed by atoms with E-state index >= 15 is 0 Å². The van der Waals surface area contributed by atoms with Gasteiger partial charge in [0.2, 0.25) is 15.9 Å². The molecule has 0 radical (unpaired) electrons. The molecule has 1 aliphatic heterocycles. The third-order valence-corrected chi connectivity index (χ3v) is 5.11. The number of nitrogens with zero attached hydrogens (tertiary/aromatic N) is 1. The highest BCUT2D eigenvalue weighted by molar-refractivity contribution is 7.92. The maximum atomic E-state index is 12.5. The van der Waals surface area contributed by atoms with Gasteiger partial charge in [-0.15, -0.1) is 0 Å². The van der Waals surface area contributed by atoms with E-state index in [-0.39, 0.29) is 11.7 Å². The number of hydrogen-bond donors (Lipinski definition) is 1. The zero-order valence-electron chi connectivity index (χ0n) is 13.6. The normalized spacial score (nSPS) is 14.8. The number of hydrogen-bond acceptors (Lipinski definition) is 3. The zero-order chi connectivity index (χ0) is 16.5. The van der Waals surface area contributed by atoms with Gasteiger partial charge < -0.3 is 4.90 Å². The number of amides is 1. The lowest BCUT2D eigenvalue weighted by molar-refractivity contribution is -0.125. The van der Waals surface area contributed by atoms with Gasteiger partial charge in [-0.05, 0) is 30.5 Å². The van der Waals surface area contributed by atoms with E-state index in [0.717, 1.165) is 17.7 Å². The average molecular weight is 324 g/mol. The summed E-state index contributed by atoms with van der Waals surface area (Å²) in [6.07, 6.45) is 1.37. The smallest absolute Gasteiger partial charge is 0.232 e. The van der Waals surface area contributed by atoms with E-state index in [2.05, 4.69) is 4.72 Å². The van der Waals surface area contributed by atoms with Crippen LogP contribution in [0.3, 0.4) is 0 Å². The summed E-state index contributed by atoms with van der Waals surface area (Å²) in [7, 11) is -3.32. The summed E-state index contributed by atoms with van der Waals surface area (Å²) >= 11 is 0. The van der Waals surface area contributed by atoms with E-state index in [4.69, 9.17) is 0 Å². The highest BCUT2D eigenvalue weighted by atomic mass is 32.2. The molecule has 0 spiro atoms. The second kappa shape index (κ2) is 5.91. The van der Waals surface area contributed by atoms with Crippen molar-refractivity contribution >= 4 is 27.3 Å². The van der Waals surface area contributed by atoms with Crippen molar-refractivity contribution < 1.29 is 13.2 Å². The van der Waals surface area contributed by atoms with Gasteiger partial charge in [0.25, 0.3) is 0 Å². The molecule has 1 aromatic carbocycles. The van der Waals surface area contributed by atoms with Crippen LogP contribution in [0.1, 0.15) is 39.7 Å². The summed E-state index contributed by atoms with van der Waals surface area (Å²) < 4.78 is 26.3. The molecule has 6 heteroatoms. The van der Waals surface area contributed by atoms with Crippen molar-refractivity contribution in [3.63, 3.8) is 0 Å². The van der Waals surface area contributed by atoms with E-state index in [9.17, 15) is 13.2 Å². The van der Waals surface area contributed by atoms with Crippen LogP contribution in [0.2, 0.25) is 0 Å². The minimum absolute atomic E-state index is 0.0554. The van der Waals surface area contributed by atoms with Crippen molar-refractivity contribution in [1.82, 2.24) is 0 Å². The van der Waals surface area contributed by atoms with E-state index in [0.29, 0.717) is 18.7 Å². The molecule has 1 amide bonds. The van der Waals surface area contributed by atoms with E-state index in [1.807, 2.05) is 33.8 Å². The largest absolute Gasteiger partial charge is 0.311 e. The van der Waals surface area contributed by atoms with Gasteiger partial charge in [0, 0.05) is 17.6 Å². The number of carbonyl (C=O) groups is 1. The Balaban J connectivity index is 2.29. The van der Waals surface area contributed by atoms with Crippen molar-refractivity contribution in [2.24, 2.45) is 5.41 Å². The summed E-state index contributed by atoms with van der Waals surface area (Å²) in [6, 6.07) is 5.42. The van der Waals surface area contributed by atoms with Crippen LogP contribution in [-0.2, 0) is 21.2 Å². The molecule has 22 heavy (non-hydrogen) atoms. The average Bonchev–Trinajstić information content (AvgIpc) is 2.78. The van der Waals surface area contributed by atoms with Gasteiger partial charge >= 0.3 is 0 Å². The molecule has 0 bridgehead atoms. The van der Waals surface area contributed by atoms with Gasteiger partial charge in [-0.2, -0.15) is 0 Å². The fraction of sp³-hybridized carbons (Fsp3) is 0.562. The minimum atomic E-state index is -3.32. The molecular weight excluding hydrogens is 300 g/mol. The molecule has 1 aliphatic rings. The Morgan fingerprint density at radius 2 is 2.00 bits per heavy atom. The number of rotatable bonds is 4. The topological polar surface area (TPSA) is 66.5 Å². The van der Waals surface area contributed by atoms with Crippen molar-refractivity contribution in [3.05, 3.63) is 23.8 Å². The Morgan fingerprint density at radius 1 is 1.32 bits per heavy atom. The predicted molar refractivity (Wildman–Crippen MR) is 89.7 cm³/mol. The number of fused-ring (bicyclic) bond motifs is 1. The molecule has 5 nitrogen and oxygen atoms in total. The van der Waals surface area contributed by atoms with Crippen LogP contribution in [0.4, 0.5) is 11.4 Å². The van der Waals surface area contributed by atoms with E-state index in [1.165, 1.54) is 0 Å². The summed E-state index contributed by atoms with van der Waals surface area (Å²) in [6.45, 7) is 8.14. The first kappa shape index (κ1) is 16.8. The van der Waals surface area contributed by atoms with Crippen LogP contribution >= 0.6 is 0 Å². The Labute approximate surface area is 132 Å². The summed E-state index contributed by atoms with van der Waals surface area (Å²) in [5.41, 5.74) is 1.95. The number of nitrogens with one attached hydrogen (secondary N) is 1. The molecule has 2 rings (SSSR count). The molecule has 0 saturated carbocycles. The van der Waals surface area contributed by atoms with Crippen molar-refractivity contribution in [1.29, 1.82) is 0 Å². The highest BCUT2D eigenvalue weighted by Crippen LogP contribution is 2.34. The second-order valence-electron chi connectivity index (χ2n) is 6.72. The number of carbonyl (C=O) groups excluding carboxylic acids is 1. The summed E-state index contributed by atoms with van der Waals surface area (Å²) in [5, 5.41) is 0. The van der Waals surface area contributed by atoms with Crippen molar-refractivity contribution in [3.8, 4) is 0 Å². The molecule has 1 N–H and O–H groups in total. The van der Waals surface area contributed by atoms with Crippen LogP contribution in [0.5, 0.6) is 0 Å². The van der Waals surface area contributed by atoms with Gasteiger partial charge in [0.1, 0.15) is 0 Å². The zero-order valence-corrected chi connectivity index (χ0v) is 14.5. The predicted octanol–water partition coefficient (Wildman–Crippen LogP) is 2.77. The summed E-state index contributed by atoms with van der Waals surface area (Å²) in [5.74, 6) is 0.147. The van der Waals surface area contributed by atoms with Gasteiger partial charge in [0.15, 0.2) is 0 Å². The van der Waals surface area contributed by atoms with Crippen molar-refractivity contribution in [2.45, 2.75) is 40.5 Å². The lowest BCUT2D eigenvalue weighted by Gasteiger charge is -2.26. The van der Waals surface area contributed by atoms with Crippen molar-refractivity contribution in [2.75, 3.05) is 21.9 Å². The Kier molecular flexibility index (Phi) is 4.52. The maximum absolute atomic E-state index is 12.5. The molecule has 0 aliphatic carbocycles. The fourth-order valence-corrected chi connectivity index (χ4v) is 3.68. The molecule has 0 fully saturated rings. The molecule has 0 saturated heterocycles. The second-order valence-corrected chi connectivity index (χ2v) is 8.56. The SMILES string of the molecule is CCCS(=O)(=O)Nc1ccc2c(c1)N(C(=O)C(C)(C)C)CC2. The number of sulfonamides is 1. The first-order valence-electron chi connectivity index (χ1n) is 7.59. The minimum Gasteiger partial charge on any atom is -0.311 e. The third kappa shape index (κ3) is 3.61. The van der Waals surface area contributed by atoms with Crippen LogP contribution < -0.4 is 9.62 Å². The quantitative estimate of drug-likeness (QED) is 0.926. The molecule has 1 aromatic rings. The molecule has 1 heterocycles. The third-order valence-electron chi connectivity index (χ3n) is 3.61. The Hall–Kier alpha value is -1.56. The lowest BCUT2D eigenvalue weighted by atomic mass is 9.94. The number of anilines is 2. The monoisotopic (exact) mass is 324 g/mol. The molecular formula is C16H24N2O3S. The van der Waals surface area contributed by atoms with Gasteiger partial charge in [-0.3, -0.25) is 9.52 Å². The van der Waals surface area contributed by atoms with Crippen LogP contribution in [0.15, 0.2) is 18.2 Å².